The molecule has 0 fully saturated rings. The molecule has 0 saturated heterocycles. The fourth-order valence-electron chi connectivity index (χ4n) is 2.35. The molecular weight excluding hydrogens is 318 g/mol. The van der Waals surface area contributed by atoms with Crippen molar-refractivity contribution < 1.29 is 0 Å². The summed E-state index contributed by atoms with van der Waals surface area (Å²) in [6.07, 6.45) is 0. The van der Waals surface area contributed by atoms with Gasteiger partial charge in [0.05, 0.1) is 5.56 Å². The maximum atomic E-state index is 4.50. The molecule has 0 saturated carbocycles. The lowest BCUT2D eigenvalue weighted by molar-refractivity contribution is 0.791. The summed E-state index contributed by atoms with van der Waals surface area (Å²) in [6, 6.07) is 4.32. The van der Waals surface area contributed by atoms with Crippen molar-refractivity contribution in [2.24, 2.45) is 0 Å². The van der Waals surface area contributed by atoms with Crippen LogP contribution in [0.25, 0.3) is 11.1 Å². The Morgan fingerprint density at radius 3 is 2.10 bits per heavy atom. The third-order valence-electron chi connectivity index (χ3n) is 3.30. The quantitative estimate of drug-likeness (QED) is 0.801. The van der Waals surface area contributed by atoms with Crippen LogP contribution in [0.2, 0.25) is 0 Å². The van der Waals surface area contributed by atoms with Crippen LogP contribution in [0.5, 0.6) is 0 Å². The predicted molar refractivity (Wildman–Crippen MR) is 89.2 cm³/mol. The summed E-state index contributed by atoms with van der Waals surface area (Å²) >= 11 is 3.61. The van der Waals surface area contributed by atoms with Gasteiger partial charge in [0.1, 0.15) is 0 Å². The first-order valence-electron chi connectivity index (χ1n) is 6.46. The zero-order chi connectivity index (χ0) is 14.9. The average molecular weight is 338 g/mol. The van der Waals surface area contributed by atoms with E-state index in [1.54, 1.807) is 4.79 Å². The Morgan fingerprint density at radius 1 is 1.05 bits per heavy atom. The molecule has 2 aromatic rings. The third kappa shape index (κ3) is 2.35. The minimum atomic E-state index is 0.838. The summed E-state index contributed by atoms with van der Waals surface area (Å²) in [7, 11) is 5.62. The van der Waals surface area contributed by atoms with Crippen molar-refractivity contribution in [3.05, 3.63) is 27.7 Å². The number of nitrogens with one attached hydrogen (secondary N) is 3. The lowest BCUT2D eigenvalue weighted by Gasteiger charge is -2.11. The van der Waals surface area contributed by atoms with Crippen molar-refractivity contribution in [1.82, 2.24) is 9.89 Å². The maximum Gasteiger partial charge on any atom is 0.160 e. The van der Waals surface area contributed by atoms with Crippen LogP contribution in [-0.4, -0.2) is 31.0 Å². The molecule has 0 radical (unpaired) electrons. The molecule has 0 bridgehead atoms. The number of nitrogens with zero attached hydrogens (tertiary/aromatic N) is 2. The van der Waals surface area contributed by atoms with E-state index in [1.165, 1.54) is 11.1 Å². The van der Waals surface area contributed by atoms with Gasteiger partial charge in [0.25, 0.3) is 0 Å². The Kier molecular flexibility index (Phi) is 4.23. The monoisotopic (exact) mass is 337 g/mol. The van der Waals surface area contributed by atoms with E-state index in [4.69, 9.17) is 0 Å². The number of hydrogen-bond donors (Lipinski definition) is 3. The van der Waals surface area contributed by atoms with E-state index in [0.717, 1.165) is 27.2 Å². The van der Waals surface area contributed by atoms with Gasteiger partial charge in [0.15, 0.2) is 11.6 Å². The molecular formula is C14H20BrN5. The number of anilines is 2. The van der Waals surface area contributed by atoms with E-state index >= 15 is 0 Å². The molecule has 6 heteroatoms. The van der Waals surface area contributed by atoms with E-state index in [-0.39, 0.29) is 0 Å². The van der Waals surface area contributed by atoms with Gasteiger partial charge in [-0.15, -0.1) is 5.10 Å². The summed E-state index contributed by atoms with van der Waals surface area (Å²) in [6.45, 7) is 4.20. The van der Waals surface area contributed by atoms with Crippen LogP contribution in [0, 0.1) is 13.8 Å². The van der Waals surface area contributed by atoms with E-state index in [1.807, 2.05) is 21.1 Å². The minimum Gasteiger partial charge on any atom is -0.371 e. The number of benzene rings is 1. The van der Waals surface area contributed by atoms with Gasteiger partial charge in [-0.1, -0.05) is 28.1 Å². The highest BCUT2D eigenvalue weighted by Crippen LogP contribution is 2.37. The minimum absolute atomic E-state index is 0.838. The van der Waals surface area contributed by atoms with Crippen molar-refractivity contribution in [3.63, 3.8) is 0 Å². The van der Waals surface area contributed by atoms with E-state index < -0.39 is 0 Å². The largest absolute Gasteiger partial charge is 0.371 e. The summed E-state index contributed by atoms with van der Waals surface area (Å²) in [4.78, 5) is 1.73. The van der Waals surface area contributed by atoms with Crippen molar-refractivity contribution in [2.45, 2.75) is 13.8 Å². The zero-order valence-electron chi connectivity index (χ0n) is 12.4. The predicted octanol–water partition coefficient (Wildman–Crippen LogP) is 3.19. The second-order valence-electron chi connectivity index (χ2n) is 4.63. The Bertz CT molecular complexity index is 610. The average Bonchev–Trinajstić information content (AvgIpc) is 2.81. The first-order valence-corrected chi connectivity index (χ1v) is 7.26. The highest BCUT2D eigenvalue weighted by molar-refractivity contribution is 9.10. The molecule has 0 atom stereocenters. The topological polar surface area (TPSA) is 53.9 Å². The van der Waals surface area contributed by atoms with Gasteiger partial charge in [-0.3, -0.25) is 0 Å². The molecule has 1 aromatic carbocycles. The van der Waals surface area contributed by atoms with Gasteiger partial charge in [-0.25, -0.2) is 0 Å². The molecule has 1 heterocycles. The summed E-state index contributed by atoms with van der Waals surface area (Å²) in [5.74, 6) is 1.77. The summed E-state index contributed by atoms with van der Waals surface area (Å²) in [5.41, 5.74) is 7.66. The van der Waals surface area contributed by atoms with Crippen LogP contribution >= 0.6 is 15.9 Å². The highest BCUT2D eigenvalue weighted by Gasteiger charge is 2.18. The van der Waals surface area contributed by atoms with Gasteiger partial charge in [0, 0.05) is 25.6 Å². The van der Waals surface area contributed by atoms with Crippen molar-refractivity contribution in [2.75, 3.05) is 37.2 Å². The third-order valence-corrected chi connectivity index (χ3v) is 4.55. The van der Waals surface area contributed by atoms with E-state index in [2.05, 4.69) is 63.1 Å². The smallest absolute Gasteiger partial charge is 0.160 e. The summed E-state index contributed by atoms with van der Waals surface area (Å²) in [5, 5.41) is 10.9. The Balaban J connectivity index is 2.71. The zero-order valence-corrected chi connectivity index (χ0v) is 14.0. The molecule has 0 spiro atoms. The molecule has 108 valence electrons. The van der Waals surface area contributed by atoms with Crippen LogP contribution < -0.4 is 16.1 Å². The first kappa shape index (κ1) is 14.7. The second-order valence-corrected chi connectivity index (χ2v) is 5.42. The van der Waals surface area contributed by atoms with Crippen LogP contribution in [0.3, 0.4) is 0 Å². The SMILES string of the molecule is CNc1nn(NC)c(NC)c1-c1cc(C)c(Br)c(C)c1. The number of aryl methyl sites for hydroxylation is 2. The molecule has 20 heavy (non-hydrogen) atoms. The van der Waals surface area contributed by atoms with Crippen LogP contribution in [0.15, 0.2) is 16.6 Å². The molecule has 0 aliphatic carbocycles. The van der Waals surface area contributed by atoms with Gasteiger partial charge in [-0.05, 0) is 30.5 Å². The Hall–Kier alpha value is -1.69. The number of halogens is 1. The van der Waals surface area contributed by atoms with Gasteiger partial charge < -0.3 is 16.1 Å². The van der Waals surface area contributed by atoms with Gasteiger partial charge in [0.2, 0.25) is 0 Å². The fourth-order valence-corrected chi connectivity index (χ4v) is 2.58. The molecule has 5 nitrogen and oxygen atoms in total. The Morgan fingerprint density at radius 2 is 1.65 bits per heavy atom. The van der Waals surface area contributed by atoms with Crippen LogP contribution in [-0.2, 0) is 0 Å². The number of hydrogen-bond acceptors (Lipinski definition) is 4. The lowest BCUT2D eigenvalue weighted by Crippen LogP contribution is -2.13. The molecule has 0 aliphatic heterocycles. The maximum absolute atomic E-state index is 4.50. The van der Waals surface area contributed by atoms with E-state index in [9.17, 15) is 0 Å². The first-order chi connectivity index (χ1) is 9.53. The molecule has 0 aliphatic rings. The standard InChI is InChI=1S/C14H20BrN5/c1-8-6-10(7-9(2)12(8)15)11-13(16-3)19-20(18-5)14(11)17-4/h6-7,17-18H,1-5H3,(H,16,19). The fraction of sp³-hybridized carbons (Fsp3) is 0.357. The Labute approximate surface area is 127 Å². The normalized spacial score (nSPS) is 10.5. The number of aromatic nitrogens is 2. The molecule has 3 N–H and O–H groups in total. The van der Waals surface area contributed by atoms with Crippen molar-refractivity contribution in [3.8, 4) is 11.1 Å². The van der Waals surface area contributed by atoms with Gasteiger partial charge in [-0.2, -0.15) is 4.79 Å². The lowest BCUT2D eigenvalue weighted by atomic mass is 10.0. The van der Waals surface area contributed by atoms with E-state index in [0.29, 0.717) is 0 Å². The summed E-state index contributed by atoms with van der Waals surface area (Å²) < 4.78 is 1.15. The highest BCUT2D eigenvalue weighted by atomic mass is 79.9. The van der Waals surface area contributed by atoms with Gasteiger partial charge >= 0.3 is 0 Å². The van der Waals surface area contributed by atoms with Crippen molar-refractivity contribution >= 4 is 27.6 Å². The van der Waals surface area contributed by atoms with Crippen LogP contribution in [0.4, 0.5) is 11.6 Å². The van der Waals surface area contributed by atoms with Crippen molar-refractivity contribution in [1.29, 1.82) is 0 Å². The second kappa shape index (κ2) is 5.75. The molecule has 2 rings (SSSR count). The molecule has 1 aromatic heterocycles. The molecule has 0 unspecified atom stereocenters. The molecule has 0 amide bonds. The number of rotatable bonds is 4. The van der Waals surface area contributed by atoms with Crippen LogP contribution in [0.1, 0.15) is 11.1 Å².